The van der Waals surface area contributed by atoms with Crippen LogP contribution in [-0.4, -0.2) is 33.4 Å². The first-order valence-corrected chi connectivity index (χ1v) is 15.9. The van der Waals surface area contributed by atoms with Crippen LogP contribution in [-0.2, 0) is 15.8 Å². The third kappa shape index (κ3) is 6.88. The summed E-state index contributed by atoms with van der Waals surface area (Å²) >= 11 is 1.91. The molecular formula is C29H40O3SSi. The highest BCUT2D eigenvalue weighted by atomic mass is 32.2. The third-order valence-electron chi connectivity index (χ3n) is 6.99. The van der Waals surface area contributed by atoms with Crippen molar-refractivity contribution in [2.24, 2.45) is 5.92 Å². The molecule has 0 N–H and O–H groups in total. The second-order valence-corrected chi connectivity index (χ2v) is 16.4. The molecule has 0 saturated heterocycles. The van der Waals surface area contributed by atoms with Crippen molar-refractivity contribution in [1.82, 2.24) is 0 Å². The number of ether oxygens (including phenoxy) is 2. The van der Waals surface area contributed by atoms with E-state index in [4.69, 9.17) is 13.9 Å². The molecule has 0 amide bonds. The average molecular weight is 497 g/mol. The average Bonchev–Trinajstić information content (AvgIpc) is 3.12. The van der Waals surface area contributed by atoms with Gasteiger partial charge in [0.1, 0.15) is 5.75 Å². The van der Waals surface area contributed by atoms with Crippen molar-refractivity contribution in [3.63, 3.8) is 0 Å². The molecule has 0 spiro atoms. The van der Waals surface area contributed by atoms with Crippen LogP contribution in [0.15, 0.2) is 83.8 Å². The minimum absolute atomic E-state index is 0.168. The van der Waals surface area contributed by atoms with Gasteiger partial charge in [0, 0.05) is 10.8 Å². The van der Waals surface area contributed by atoms with E-state index in [1.807, 2.05) is 36.0 Å². The SMILES string of the molecule is C=C[C@@H]1C[C@H](O[Si](C)(C)C(C)(C)C)[C@@H](Sc2ccccc2)/C1=C/COCc1ccc(OC)cc1. The van der Waals surface area contributed by atoms with Crippen LogP contribution in [0.2, 0.25) is 18.1 Å². The molecular weight excluding hydrogens is 456 g/mol. The summed E-state index contributed by atoms with van der Waals surface area (Å²) in [5.41, 5.74) is 2.52. The second-order valence-electron chi connectivity index (χ2n) is 10.4. The van der Waals surface area contributed by atoms with Crippen molar-refractivity contribution in [3.8, 4) is 5.75 Å². The van der Waals surface area contributed by atoms with Crippen molar-refractivity contribution in [2.75, 3.05) is 13.7 Å². The van der Waals surface area contributed by atoms with Gasteiger partial charge in [-0.25, -0.2) is 0 Å². The Morgan fingerprint density at radius 1 is 1.06 bits per heavy atom. The first kappa shape index (κ1) is 26.8. The topological polar surface area (TPSA) is 27.7 Å². The highest BCUT2D eigenvalue weighted by molar-refractivity contribution is 8.00. The molecule has 0 radical (unpaired) electrons. The number of methoxy groups -OCH3 is 1. The zero-order valence-electron chi connectivity index (χ0n) is 21.5. The van der Waals surface area contributed by atoms with E-state index in [0.717, 1.165) is 17.7 Å². The van der Waals surface area contributed by atoms with Gasteiger partial charge in [0.15, 0.2) is 8.32 Å². The van der Waals surface area contributed by atoms with E-state index in [2.05, 4.69) is 82.9 Å². The summed E-state index contributed by atoms with van der Waals surface area (Å²) in [7, 11) is -0.226. The van der Waals surface area contributed by atoms with Gasteiger partial charge in [-0.1, -0.05) is 63.3 Å². The zero-order chi connectivity index (χ0) is 24.8. The number of benzene rings is 2. The lowest BCUT2D eigenvalue weighted by atomic mass is 10.0. The Morgan fingerprint density at radius 3 is 2.32 bits per heavy atom. The van der Waals surface area contributed by atoms with E-state index in [0.29, 0.717) is 19.1 Å². The Balaban J connectivity index is 1.77. The Morgan fingerprint density at radius 2 is 1.74 bits per heavy atom. The van der Waals surface area contributed by atoms with Gasteiger partial charge < -0.3 is 13.9 Å². The number of allylic oxidation sites excluding steroid dienone is 1. The smallest absolute Gasteiger partial charge is 0.192 e. The van der Waals surface area contributed by atoms with E-state index < -0.39 is 8.32 Å². The third-order valence-corrected chi connectivity index (χ3v) is 12.9. The molecule has 3 nitrogen and oxygen atoms in total. The van der Waals surface area contributed by atoms with Crippen molar-refractivity contribution < 1.29 is 13.9 Å². The predicted molar refractivity (Wildman–Crippen MR) is 147 cm³/mol. The van der Waals surface area contributed by atoms with Crippen molar-refractivity contribution >= 4 is 20.1 Å². The van der Waals surface area contributed by atoms with Gasteiger partial charge in [0.25, 0.3) is 0 Å². The van der Waals surface area contributed by atoms with Crippen LogP contribution >= 0.6 is 11.8 Å². The van der Waals surface area contributed by atoms with Crippen LogP contribution in [0.1, 0.15) is 32.8 Å². The van der Waals surface area contributed by atoms with Gasteiger partial charge in [-0.2, -0.15) is 0 Å². The molecule has 3 rings (SSSR count). The fourth-order valence-electron chi connectivity index (χ4n) is 3.94. The van der Waals surface area contributed by atoms with Gasteiger partial charge in [-0.05, 0) is 60.0 Å². The van der Waals surface area contributed by atoms with Crippen molar-refractivity contribution in [1.29, 1.82) is 0 Å². The summed E-state index contributed by atoms with van der Waals surface area (Å²) < 4.78 is 18.3. The number of thioether (sulfide) groups is 1. The molecule has 184 valence electrons. The van der Waals surface area contributed by atoms with Gasteiger partial charge in [0.2, 0.25) is 0 Å². The summed E-state index contributed by atoms with van der Waals surface area (Å²) in [6, 6.07) is 18.7. The van der Waals surface area contributed by atoms with Gasteiger partial charge in [-0.3, -0.25) is 0 Å². The summed E-state index contributed by atoms with van der Waals surface area (Å²) in [5.74, 6) is 1.17. The molecule has 1 fully saturated rings. The van der Waals surface area contributed by atoms with Crippen LogP contribution in [0.5, 0.6) is 5.75 Å². The lowest BCUT2D eigenvalue weighted by Crippen LogP contribution is -2.45. The molecule has 2 aromatic rings. The summed E-state index contributed by atoms with van der Waals surface area (Å²) in [6.45, 7) is 16.9. The molecule has 1 saturated carbocycles. The van der Waals surface area contributed by atoms with Crippen molar-refractivity contribution in [2.45, 2.75) is 68.2 Å². The fourth-order valence-corrected chi connectivity index (χ4v) is 6.72. The van der Waals surface area contributed by atoms with Crippen LogP contribution in [0, 0.1) is 5.92 Å². The molecule has 0 heterocycles. The van der Waals surface area contributed by atoms with Gasteiger partial charge >= 0.3 is 0 Å². The largest absolute Gasteiger partial charge is 0.497 e. The minimum atomic E-state index is -1.91. The first-order valence-electron chi connectivity index (χ1n) is 12.1. The van der Waals surface area contributed by atoms with E-state index in [1.165, 1.54) is 10.5 Å². The lowest BCUT2D eigenvalue weighted by Gasteiger charge is -2.39. The van der Waals surface area contributed by atoms with Crippen molar-refractivity contribution in [3.05, 3.63) is 84.5 Å². The predicted octanol–water partition coefficient (Wildman–Crippen LogP) is 7.90. The number of hydrogen-bond acceptors (Lipinski definition) is 4. The van der Waals surface area contributed by atoms with E-state index in [9.17, 15) is 0 Å². The Kier molecular flexibility index (Phi) is 9.27. The maximum absolute atomic E-state index is 6.98. The summed E-state index contributed by atoms with van der Waals surface area (Å²) in [5, 5.41) is 0.427. The second kappa shape index (κ2) is 11.8. The Bertz CT molecular complexity index is 948. The molecule has 0 aliphatic heterocycles. The molecule has 0 aromatic heterocycles. The summed E-state index contributed by atoms with van der Waals surface area (Å²) in [6.07, 6.45) is 5.50. The Labute approximate surface area is 211 Å². The normalized spacial score (nSPS) is 22.2. The molecule has 0 bridgehead atoms. The maximum atomic E-state index is 6.98. The van der Waals surface area contributed by atoms with E-state index >= 15 is 0 Å². The molecule has 5 heteroatoms. The molecule has 34 heavy (non-hydrogen) atoms. The van der Waals surface area contributed by atoms with Crippen LogP contribution in [0.3, 0.4) is 0 Å². The van der Waals surface area contributed by atoms with Gasteiger partial charge in [0.05, 0.1) is 31.7 Å². The highest BCUT2D eigenvalue weighted by Crippen LogP contribution is 2.47. The minimum Gasteiger partial charge on any atom is -0.497 e. The van der Waals surface area contributed by atoms with E-state index in [-0.39, 0.29) is 16.4 Å². The quantitative estimate of drug-likeness (QED) is 0.190. The fraction of sp³-hybridized carbons (Fsp3) is 0.448. The molecule has 2 aromatic carbocycles. The highest BCUT2D eigenvalue weighted by Gasteiger charge is 2.45. The number of hydrogen-bond donors (Lipinski definition) is 0. The molecule has 1 aliphatic rings. The number of rotatable bonds is 10. The molecule has 3 atom stereocenters. The maximum Gasteiger partial charge on any atom is 0.192 e. The van der Waals surface area contributed by atoms with Gasteiger partial charge in [-0.15, -0.1) is 18.3 Å². The van der Waals surface area contributed by atoms with Crippen LogP contribution in [0.4, 0.5) is 0 Å². The summed E-state index contributed by atoms with van der Waals surface area (Å²) in [4.78, 5) is 1.27. The van der Waals surface area contributed by atoms with Crippen LogP contribution in [0.25, 0.3) is 0 Å². The standard InChI is InChI=1S/C29H40O3SSi/c1-8-23-20-27(32-34(6,7)29(2,3)4)28(33-25-12-10-9-11-13-25)26(23)18-19-31-21-22-14-16-24(30-5)17-15-22/h8-18,23,27-28H,1,19-21H2,2-7H3/b26-18+/t23-,27+,28+/m1/s1. The monoisotopic (exact) mass is 496 g/mol. The Hall–Kier alpha value is -1.79. The zero-order valence-corrected chi connectivity index (χ0v) is 23.4. The van der Waals surface area contributed by atoms with E-state index in [1.54, 1.807) is 7.11 Å². The molecule has 1 aliphatic carbocycles. The molecule has 0 unspecified atom stereocenters. The lowest BCUT2D eigenvalue weighted by molar-refractivity contribution is 0.148. The van der Waals surface area contributed by atoms with Crippen LogP contribution < -0.4 is 4.74 Å². The first-order chi connectivity index (χ1) is 16.1.